The lowest BCUT2D eigenvalue weighted by Crippen LogP contribution is -2.34. The van der Waals surface area contributed by atoms with Crippen molar-refractivity contribution in [2.75, 3.05) is 6.54 Å². The molecular formula is C19H29NO. The highest BCUT2D eigenvalue weighted by Gasteiger charge is 2.30. The predicted octanol–water partition coefficient (Wildman–Crippen LogP) is 4.77. The van der Waals surface area contributed by atoms with Crippen LogP contribution in [0.3, 0.4) is 0 Å². The summed E-state index contributed by atoms with van der Waals surface area (Å²) >= 11 is 0. The minimum atomic E-state index is 0.396. The molecule has 2 aliphatic rings. The normalized spacial score (nSPS) is 26.2. The molecule has 1 heterocycles. The van der Waals surface area contributed by atoms with Crippen LogP contribution in [-0.2, 0) is 0 Å². The molecule has 0 aromatic heterocycles. The van der Waals surface area contributed by atoms with Gasteiger partial charge in [0.15, 0.2) is 0 Å². The number of nitrogens with one attached hydrogen (secondary N) is 1. The Labute approximate surface area is 129 Å². The molecule has 1 aromatic rings. The third-order valence-corrected chi connectivity index (χ3v) is 5.10. The molecule has 0 saturated heterocycles. The van der Waals surface area contributed by atoms with E-state index >= 15 is 0 Å². The summed E-state index contributed by atoms with van der Waals surface area (Å²) in [6.07, 6.45) is 9.86. The SMILES string of the molecule is CCNC1CC(CC2CCCCC2)Oc2ccc(C)cc21. The van der Waals surface area contributed by atoms with Gasteiger partial charge < -0.3 is 10.1 Å². The van der Waals surface area contributed by atoms with Crippen molar-refractivity contribution in [1.82, 2.24) is 5.32 Å². The fourth-order valence-corrected chi connectivity index (χ4v) is 4.04. The first-order valence-corrected chi connectivity index (χ1v) is 8.77. The summed E-state index contributed by atoms with van der Waals surface area (Å²) < 4.78 is 6.33. The van der Waals surface area contributed by atoms with Crippen molar-refractivity contribution in [2.24, 2.45) is 5.92 Å². The second kappa shape index (κ2) is 6.83. The van der Waals surface area contributed by atoms with Crippen molar-refractivity contribution < 1.29 is 4.74 Å². The summed E-state index contributed by atoms with van der Waals surface area (Å²) in [5.74, 6) is 2.00. The molecule has 116 valence electrons. The lowest BCUT2D eigenvalue weighted by molar-refractivity contribution is 0.113. The lowest BCUT2D eigenvalue weighted by Gasteiger charge is -2.35. The van der Waals surface area contributed by atoms with E-state index in [4.69, 9.17) is 4.74 Å². The molecule has 2 atom stereocenters. The van der Waals surface area contributed by atoms with Gasteiger partial charge in [0, 0.05) is 18.0 Å². The summed E-state index contributed by atoms with van der Waals surface area (Å²) in [7, 11) is 0. The van der Waals surface area contributed by atoms with Crippen molar-refractivity contribution in [3.63, 3.8) is 0 Å². The number of aryl methyl sites for hydroxylation is 1. The van der Waals surface area contributed by atoms with E-state index in [0.29, 0.717) is 12.1 Å². The van der Waals surface area contributed by atoms with Crippen molar-refractivity contribution in [1.29, 1.82) is 0 Å². The fourth-order valence-electron chi connectivity index (χ4n) is 4.04. The first-order chi connectivity index (χ1) is 10.3. The van der Waals surface area contributed by atoms with E-state index in [9.17, 15) is 0 Å². The van der Waals surface area contributed by atoms with E-state index in [0.717, 1.165) is 24.6 Å². The van der Waals surface area contributed by atoms with Crippen LogP contribution in [-0.4, -0.2) is 12.6 Å². The van der Waals surface area contributed by atoms with Crippen molar-refractivity contribution in [3.8, 4) is 5.75 Å². The molecular weight excluding hydrogens is 258 g/mol. The number of hydrogen-bond acceptors (Lipinski definition) is 2. The molecule has 21 heavy (non-hydrogen) atoms. The quantitative estimate of drug-likeness (QED) is 0.861. The smallest absolute Gasteiger partial charge is 0.124 e. The third kappa shape index (κ3) is 3.60. The number of benzene rings is 1. The van der Waals surface area contributed by atoms with Gasteiger partial charge in [0.05, 0.1) is 0 Å². The monoisotopic (exact) mass is 287 g/mol. The molecule has 1 saturated carbocycles. The number of fused-ring (bicyclic) bond motifs is 1. The van der Waals surface area contributed by atoms with Gasteiger partial charge in [-0.25, -0.2) is 0 Å². The lowest BCUT2D eigenvalue weighted by atomic mass is 9.83. The van der Waals surface area contributed by atoms with Gasteiger partial charge in [-0.2, -0.15) is 0 Å². The minimum Gasteiger partial charge on any atom is -0.490 e. The first kappa shape index (κ1) is 14.9. The van der Waals surface area contributed by atoms with Crippen LogP contribution >= 0.6 is 0 Å². The van der Waals surface area contributed by atoms with E-state index in [2.05, 4.69) is 37.4 Å². The summed E-state index contributed by atoms with van der Waals surface area (Å²) in [5.41, 5.74) is 2.68. The van der Waals surface area contributed by atoms with Gasteiger partial charge in [-0.3, -0.25) is 0 Å². The van der Waals surface area contributed by atoms with Crippen LogP contribution in [0.25, 0.3) is 0 Å². The molecule has 0 amide bonds. The Morgan fingerprint density at radius 3 is 2.76 bits per heavy atom. The van der Waals surface area contributed by atoms with Crippen LogP contribution in [0.4, 0.5) is 0 Å². The molecule has 3 rings (SSSR count). The largest absolute Gasteiger partial charge is 0.490 e. The molecule has 2 unspecified atom stereocenters. The minimum absolute atomic E-state index is 0.396. The highest BCUT2D eigenvalue weighted by Crippen LogP contribution is 2.38. The standard InChI is InChI=1S/C19H29NO/c1-3-20-18-13-16(12-15-7-5-4-6-8-15)21-19-10-9-14(2)11-17(18)19/h9-11,15-16,18,20H,3-8,12-13H2,1-2H3. The van der Waals surface area contributed by atoms with Gasteiger partial charge in [0.2, 0.25) is 0 Å². The molecule has 2 heteroatoms. The second-order valence-electron chi connectivity index (χ2n) is 6.87. The van der Waals surface area contributed by atoms with Crippen LogP contribution < -0.4 is 10.1 Å². The molecule has 1 fully saturated rings. The van der Waals surface area contributed by atoms with Crippen molar-refractivity contribution >= 4 is 0 Å². The van der Waals surface area contributed by atoms with Gasteiger partial charge in [-0.15, -0.1) is 0 Å². The average molecular weight is 287 g/mol. The maximum absolute atomic E-state index is 6.33. The van der Waals surface area contributed by atoms with Gasteiger partial charge in [-0.05, 0) is 31.9 Å². The third-order valence-electron chi connectivity index (χ3n) is 5.10. The maximum atomic E-state index is 6.33. The molecule has 1 aliphatic heterocycles. The Morgan fingerprint density at radius 1 is 1.19 bits per heavy atom. The van der Waals surface area contributed by atoms with Crippen molar-refractivity contribution in [2.45, 2.75) is 70.9 Å². The highest BCUT2D eigenvalue weighted by molar-refractivity contribution is 5.40. The zero-order valence-corrected chi connectivity index (χ0v) is 13.5. The van der Waals surface area contributed by atoms with Gasteiger partial charge in [0.1, 0.15) is 11.9 Å². The van der Waals surface area contributed by atoms with E-state index in [1.807, 2.05) is 0 Å². The van der Waals surface area contributed by atoms with E-state index in [-0.39, 0.29) is 0 Å². The van der Waals surface area contributed by atoms with Crippen LogP contribution in [0, 0.1) is 12.8 Å². The second-order valence-corrected chi connectivity index (χ2v) is 6.87. The summed E-state index contributed by atoms with van der Waals surface area (Å²) in [4.78, 5) is 0. The van der Waals surface area contributed by atoms with Gasteiger partial charge in [-0.1, -0.05) is 56.7 Å². The predicted molar refractivity (Wildman–Crippen MR) is 87.8 cm³/mol. The zero-order valence-electron chi connectivity index (χ0n) is 13.5. The first-order valence-electron chi connectivity index (χ1n) is 8.77. The Balaban J connectivity index is 1.72. The number of rotatable bonds is 4. The summed E-state index contributed by atoms with van der Waals surface area (Å²) in [6.45, 7) is 5.38. The highest BCUT2D eigenvalue weighted by atomic mass is 16.5. The molecule has 2 nitrogen and oxygen atoms in total. The summed E-state index contributed by atoms with van der Waals surface area (Å²) in [6, 6.07) is 7.10. The topological polar surface area (TPSA) is 21.3 Å². The summed E-state index contributed by atoms with van der Waals surface area (Å²) in [5, 5.41) is 3.66. The molecule has 0 spiro atoms. The average Bonchev–Trinajstić information content (AvgIpc) is 2.49. The molecule has 0 bridgehead atoms. The van der Waals surface area contributed by atoms with Crippen LogP contribution in [0.15, 0.2) is 18.2 Å². The molecule has 1 aliphatic carbocycles. The molecule has 1 aromatic carbocycles. The Hall–Kier alpha value is -1.02. The zero-order chi connectivity index (χ0) is 14.7. The Morgan fingerprint density at radius 2 is 2.00 bits per heavy atom. The van der Waals surface area contributed by atoms with Crippen LogP contribution in [0.2, 0.25) is 0 Å². The van der Waals surface area contributed by atoms with Crippen molar-refractivity contribution in [3.05, 3.63) is 29.3 Å². The maximum Gasteiger partial charge on any atom is 0.124 e. The van der Waals surface area contributed by atoms with Crippen LogP contribution in [0.1, 0.15) is 69.0 Å². The Kier molecular flexibility index (Phi) is 4.84. The molecule has 0 radical (unpaired) electrons. The van der Waals surface area contributed by atoms with E-state index in [1.165, 1.54) is 49.7 Å². The van der Waals surface area contributed by atoms with Crippen LogP contribution in [0.5, 0.6) is 5.75 Å². The fraction of sp³-hybridized carbons (Fsp3) is 0.684. The van der Waals surface area contributed by atoms with E-state index in [1.54, 1.807) is 0 Å². The molecule has 1 N–H and O–H groups in total. The van der Waals surface area contributed by atoms with Gasteiger partial charge >= 0.3 is 0 Å². The number of ether oxygens (including phenoxy) is 1. The van der Waals surface area contributed by atoms with E-state index < -0.39 is 0 Å². The Bertz CT molecular complexity index is 465. The number of hydrogen-bond donors (Lipinski definition) is 1. The van der Waals surface area contributed by atoms with Gasteiger partial charge in [0.25, 0.3) is 0 Å².